The van der Waals surface area contributed by atoms with Crippen LogP contribution in [-0.4, -0.2) is 18.4 Å². The van der Waals surface area contributed by atoms with Crippen molar-refractivity contribution in [3.8, 4) is 0 Å². The lowest BCUT2D eigenvalue weighted by Crippen LogP contribution is -2.14. The molecule has 0 aliphatic carbocycles. The maximum atomic E-state index is 10.9. The van der Waals surface area contributed by atoms with Gasteiger partial charge in [0.25, 0.3) is 0 Å². The summed E-state index contributed by atoms with van der Waals surface area (Å²) in [6.07, 6.45) is 3.31. The molecule has 3 N–H and O–H groups in total. The molecule has 1 aromatic carbocycles. The van der Waals surface area contributed by atoms with E-state index < -0.39 is 10.0 Å². The zero-order chi connectivity index (χ0) is 13.7. The molecule has 7 heteroatoms. The molecule has 0 atom stereocenters. The Morgan fingerprint density at radius 1 is 1.05 bits per heavy atom. The van der Waals surface area contributed by atoms with Crippen molar-refractivity contribution in [3.63, 3.8) is 0 Å². The Hall–Kier alpha value is -1.99. The van der Waals surface area contributed by atoms with E-state index in [1.54, 1.807) is 30.6 Å². The number of sulfonamides is 1. The van der Waals surface area contributed by atoms with E-state index in [1.807, 2.05) is 12.1 Å². The standard InChI is InChI=1S/C12H14N4O2S/c13-19(17,18)9-11-4-2-10(3-5-11)8-16-12-14-6-1-7-15-12/h1-7H,8-9H2,(H2,13,17,18)(H,14,15,16). The zero-order valence-electron chi connectivity index (χ0n) is 10.2. The van der Waals surface area contributed by atoms with Crippen molar-refractivity contribution in [2.75, 3.05) is 5.32 Å². The van der Waals surface area contributed by atoms with E-state index in [0.29, 0.717) is 18.1 Å². The molecule has 0 unspecified atom stereocenters. The van der Waals surface area contributed by atoms with Crippen LogP contribution in [0.1, 0.15) is 11.1 Å². The molecule has 1 aromatic heterocycles. The number of hydrogen-bond acceptors (Lipinski definition) is 5. The van der Waals surface area contributed by atoms with Gasteiger partial charge in [-0.3, -0.25) is 0 Å². The van der Waals surface area contributed by atoms with Gasteiger partial charge >= 0.3 is 0 Å². The van der Waals surface area contributed by atoms with Crippen LogP contribution in [-0.2, 0) is 22.3 Å². The van der Waals surface area contributed by atoms with E-state index in [0.717, 1.165) is 5.56 Å². The van der Waals surface area contributed by atoms with Crippen LogP contribution < -0.4 is 10.5 Å². The molecule has 0 saturated carbocycles. The normalized spacial score (nSPS) is 11.2. The number of hydrogen-bond donors (Lipinski definition) is 2. The van der Waals surface area contributed by atoms with Crippen LogP contribution in [0.3, 0.4) is 0 Å². The highest BCUT2D eigenvalue weighted by molar-refractivity contribution is 7.88. The Labute approximate surface area is 111 Å². The molecule has 19 heavy (non-hydrogen) atoms. The van der Waals surface area contributed by atoms with Gasteiger partial charge in [-0.25, -0.2) is 23.5 Å². The first-order valence-corrected chi connectivity index (χ1v) is 7.34. The fourth-order valence-corrected chi connectivity index (χ4v) is 2.21. The number of nitrogens with two attached hydrogens (primary N) is 1. The van der Waals surface area contributed by atoms with E-state index in [9.17, 15) is 8.42 Å². The first kappa shape index (κ1) is 13.4. The second kappa shape index (κ2) is 5.77. The number of benzene rings is 1. The highest BCUT2D eigenvalue weighted by Crippen LogP contribution is 2.08. The minimum atomic E-state index is -3.48. The third kappa shape index (κ3) is 4.65. The van der Waals surface area contributed by atoms with Gasteiger partial charge in [0.05, 0.1) is 5.75 Å². The molecule has 0 bridgehead atoms. The summed E-state index contributed by atoms with van der Waals surface area (Å²) in [7, 11) is -3.48. The van der Waals surface area contributed by atoms with Gasteiger partial charge in [-0.2, -0.15) is 0 Å². The molecule has 1 heterocycles. The van der Waals surface area contributed by atoms with Crippen molar-refractivity contribution in [2.24, 2.45) is 5.14 Å². The maximum Gasteiger partial charge on any atom is 0.222 e. The second-order valence-corrected chi connectivity index (χ2v) is 5.66. The van der Waals surface area contributed by atoms with Crippen molar-refractivity contribution >= 4 is 16.0 Å². The number of aromatic nitrogens is 2. The summed E-state index contributed by atoms with van der Waals surface area (Å²) in [5.41, 5.74) is 1.67. The number of rotatable bonds is 5. The van der Waals surface area contributed by atoms with Crippen molar-refractivity contribution in [1.82, 2.24) is 9.97 Å². The second-order valence-electron chi connectivity index (χ2n) is 4.05. The first-order chi connectivity index (χ1) is 9.03. The summed E-state index contributed by atoms with van der Waals surface area (Å²) in [6, 6.07) is 8.92. The number of primary sulfonamides is 1. The van der Waals surface area contributed by atoms with Crippen LogP contribution in [0, 0.1) is 0 Å². The minimum Gasteiger partial charge on any atom is -0.350 e. The van der Waals surface area contributed by atoms with Crippen LogP contribution in [0.15, 0.2) is 42.7 Å². The smallest absolute Gasteiger partial charge is 0.222 e. The quantitative estimate of drug-likeness (QED) is 0.846. The minimum absolute atomic E-state index is 0.150. The summed E-state index contributed by atoms with van der Waals surface area (Å²) in [5.74, 6) is 0.402. The molecule has 0 saturated heterocycles. The lowest BCUT2D eigenvalue weighted by Gasteiger charge is -2.05. The summed E-state index contributed by atoms with van der Waals surface area (Å²) < 4.78 is 21.9. The fraction of sp³-hybridized carbons (Fsp3) is 0.167. The van der Waals surface area contributed by atoms with Crippen molar-refractivity contribution in [2.45, 2.75) is 12.3 Å². The molecular formula is C12H14N4O2S. The number of nitrogens with one attached hydrogen (secondary N) is 1. The Bertz CT molecular complexity index is 627. The zero-order valence-corrected chi connectivity index (χ0v) is 11.0. The summed E-state index contributed by atoms with van der Waals surface area (Å²) in [5, 5.41) is 8.05. The van der Waals surface area contributed by atoms with Gasteiger partial charge in [0.1, 0.15) is 0 Å². The van der Waals surface area contributed by atoms with Crippen molar-refractivity contribution in [3.05, 3.63) is 53.9 Å². The highest BCUT2D eigenvalue weighted by atomic mass is 32.2. The van der Waals surface area contributed by atoms with E-state index in [-0.39, 0.29) is 5.75 Å². The number of nitrogens with zero attached hydrogens (tertiary/aromatic N) is 2. The monoisotopic (exact) mass is 278 g/mol. The molecule has 0 spiro atoms. The summed E-state index contributed by atoms with van der Waals surface area (Å²) in [6.45, 7) is 0.569. The maximum absolute atomic E-state index is 10.9. The Morgan fingerprint density at radius 3 is 2.21 bits per heavy atom. The molecular weight excluding hydrogens is 264 g/mol. The van der Waals surface area contributed by atoms with Gasteiger partial charge in [-0.15, -0.1) is 0 Å². The Kier molecular flexibility index (Phi) is 4.08. The summed E-state index contributed by atoms with van der Waals surface area (Å²) >= 11 is 0. The van der Waals surface area contributed by atoms with Crippen LogP contribution in [0.2, 0.25) is 0 Å². The lowest BCUT2D eigenvalue weighted by atomic mass is 10.1. The SMILES string of the molecule is NS(=O)(=O)Cc1ccc(CNc2ncccn2)cc1. The van der Waals surface area contributed by atoms with Crippen LogP contribution >= 0.6 is 0 Å². The topological polar surface area (TPSA) is 98.0 Å². The van der Waals surface area contributed by atoms with E-state index in [1.165, 1.54) is 0 Å². The summed E-state index contributed by atoms with van der Waals surface area (Å²) in [4.78, 5) is 8.08. The third-order valence-corrected chi connectivity index (χ3v) is 3.14. The van der Waals surface area contributed by atoms with Crippen molar-refractivity contribution in [1.29, 1.82) is 0 Å². The molecule has 0 amide bonds. The molecule has 6 nitrogen and oxygen atoms in total. The largest absolute Gasteiger partial charge is 0.350 e. The van der Waals surface area contributed by atoms with E-state index >= 15 is 0 Å². The Morgan fingerprint density at radius 2 is 1.63 bits per heavy atom. The van der Waals surface area contributed by atoms with Gasteiger partial charge in [-0.05, 0) is 17.2 Å². The Balaban J connectivity index is 1.96. The fourth-order valence-electron chi connectivity index (χ4n) is 1.56. The van der Waals surface area contributed by atoms with E-state index in [4.69, 9.17) is 5.14 Å². The first-order valence-electron chi connectivity index (χ1n) is 5.62. The van der Waals surface area contributed by atoms with Gasteiger partial charge in [0, 0.05) is 18.9 Å². The average molecular weight is 278 g/mol. The van der Waals surface area contributed by atoms with Gasteiger partial charge in [0.2, 0.25) is 16.0 Å². The molecule has 0 aliphatic heterocycles. The van der Waals surface area contributed by atoms with Crippen LogP contribution in [0.5, 0.6) is 0 Å². The highest BCUT2D eigenvalue weighted by Gasteiger charge is 2.04. The van der Waals surface area contributed by atoms with Gasteiger partial charge in [-0.1, -0.05) is 24.3 Å². The molecule has 2 rings (SSSR count). The molecule has 0 fully saturated rings. The molecule has 100 valence electrons. The predicted molar refractivity (Wildman–Crippen MR) is 72.6 cm³/mol. The third-order valence-electron chi connectivity index (χ3n) is 2.41. The lowest BCUT2D eigenvalue weighted by molar-refractivity contribution is 0.597. The van der Waals surface area contributed by atoms with Gasteiger partial charge in [0.15, 0.2) is 0 Å². The molecule has 2 aromatic rings. The predicted octanol–water partition coefficient (Wildman–Crippen LogP) is 0.877. The van der Waals surface area contributed by atoms with Crippen molar-refractivity contribution < 1.29 is 8.42 Å². The van der Waals surface area contributed by atoms with Crippen LogP contribution in [0.4, 0.5) is 5.95 Å². The number of anilines is 1. The average Bonchev–Trinajstić information content (AvgIpc) is 2.37. The van der Waals surface area contributed by atoms with Crippen LogP contribution in [0.25, 0.3) is 0 Å². The molecule has 0 radical (unpaired) electrons. The molecule has 0 aliphatic rings. The van der Waals surface area contributed by atoms with E-state index in [2.05, 4.69) is 15.3 Å². The van der Waals surface area contributed by atoms with Gasteiger partial charge < -0.3 is 5.32 Å².